The lowest BCUT2D eigenvalue weighted by Crippen LogP contribution is -2.22. The zero-order valence-corrected chi connectivity index (χ0v) is 13.9. The molecule has 0 aliphatic carbocycles. The molecule has 0 radical (unpaired) electrons. The Morgan fingerprint density at radius 2 is 1.74 bits per heavy atom. The van der Waals surface area contributed by atoms with Crippen molar-refractivity contribution >= 4 is 11.9 Å². The number of ether oxygens (including phenoxy) is 1. The van der Waals surface area contributed by atoms with Crippen molar-refractivity contribution in [2.45, 2.75) is 52.0 Å². The van der Waals surface area contributed by atoms with Gasteiger partial charge in [0.25, 0.3) is 5.91 Å². The van der Waals surface area contributed by atoms with Crippen LogP contribution in [0.3, 0.4) is 0 Å². The van der Waals surface area contributed by atoms with Crippen LogP contribution in [0.5, 0.6) is 5.75 Å². The van der Waals surface area contributed by atoms with Crippen molar-refractivity contribution in [2.24, 2.45) is 5.92 Å². The van der Waals surface area contributed by atoms with Crippen LogP contribution in [-0.2, 0) is 4.79 Å². The third-order valence-corrected chi connectivity index (χ3v) is 3.93. The number of imide groups is 1. The van der Waals surface area contributed by atoms with Gasteiger partial charge in [-0.25, -0.2) is 4.79 Å². The number of amides is 3. The smallest absolute Gasteiger partial charge is 0.322 e. The maximum absolute atomic E-state index is 11.6. The summed E-state index contributed by atoms with van der Waals surface area (Å²) in [6.07, 6.45) is 6.10. The molecule has 5 nitrogen and oxygen atoms in total. The lowest BCUT2D eigenvalue weighted by molar-refractivity contribution is -0.120. The molecule has 0 saturated carbocycles. The average Bonchev–Trinajstić information content (AvgIpc) is 2.85. The number of nitrogens with one attached hydrogen (secondary N) is 2. The number of urea groups is 1. The second kappa shape index (κ2) is 8.56. The van der Waals surface area contributed by atoms with Gasteiger partial charge >= 0.3 is 6.03 Å². The zero-order valence-electron chi connectivity index (χ0n) is 13.9. The molecular formula is C18H26N2O3. The fourth-order valence-corrected chi connectivity index (χ4v) is 2.61. The Morgan fingerprint density at radius 1 is 1.04 bits per heavy atom. The Labute approximate surface area is 137 Å². The standard InChI is InChI=1S/C18H26N2O3/c1-13(2)7-5-3-4-6-12-23-15-10-8-14(9-11-15)16-17(21)20-18(22)19-16/h8-11,13,16H,3-7,12H2,1-2H3,(H2,19,20,21,22). The van der Waals surface area contributed by atoms with E-state index in [1.165, 1.54) is 25.7 Å². The summed E-state index contributed by atoms with van der Waals surface area (Å²) in [7, 11) is 0. The lowest BCUT2D eigenvalue weighted by atomic mass is 10.0. The third-order valence-electron chi connectivity index (χ3n) is 3.93. The highest BCUT2D eigenvalue weighted by Gasteiger charge is 2.30. The van der Waals surface area contributed by atoms with Gasteiger partial charge in [0.1, 0.15) is 11.8 Å². The molecule has 1 aromatic rings. The zero-order chi connectivity index (χ0) is 16.7. The molecule has 3 amide bonds. The van der Waals surface area contributed by atoms with Crippen LogP contribution in [0, 0.1) is 5.92 Å². The van der Waals surface area contributed by atoms with E-state index in [9.17, 15) is 9.59 Å². The first kappa shape index (κ1) is 17.3. The summed E-state index contributed by atoms with van der Waals surface area (Å²) < 4.78 is 5.71. The number of unbranched alkanes of at least 4 members (excludes halogenated alkanes) is 3. The molecule has 1 heterocycles. The summed E-state index contributed by atoms with van der Waals surface area (Å²) in [5.74, 6) is 1.27. The molecule has 1 atom stereocenters. The van der Waals surface area contributed by atoms with Gasteiger partial charge in [-0.1, -0.05) is 51.7 Å². The molecule has 0 bridgehead atoms. The second-order valence-electron chi connectivity index (χ2n) is 6.41. The van der Waals surface area contributed by atoms with Gasteiger partial charge in [0.15, 0.2) is 0 Å². The van der Waals surface area contributed by atoms with Crippen LogP contribution in [0.1, 0.15) is 57.6 Å². The van der Waals surface area contributed by atoms with Gasteiger partial charge in [-0.3, -0.25) is 10.1 Å². The molecule has 23 heavy (non-hydrogen) atoms. The fourth-order valence-electron chi connectivity index (χ4n) is 2.61. The highest BCUT2D eigenvalue weighted by molar-refractivity contribution is 6.04. The predicted molar refractivity (Wildman–Crippen MR) is 89.3 cm³/mol. The van der Waals surface area contributed by atoms with Gasteiger partial charge in [-0.15, -0.1) is 0 Å². The van der Waals surface area contributed by atoms with E-state index in [4.69, 9.17) is 4.74 Å². The molecule has 1 saturated heterocycles. The van der Waals surface area contributed by atoms with E-state index in [0.717, 1.165) is 23.7 Å². The lowest BCUT2D eigenvalue weighted by Gasteiger charge is -2.10. The molecule has 2 N–H and O–H groups in total. The van der Waals surface area contributed by atoms with Gasteiger partial charge in [0.05, 0.1) is 6.61 Å². The van der Waals surface area contributed by atoms with E-state index in [-0.39, 0.29) is 5.91 Å². The Bertz CT molecular complexity index is 526. The van der Waals surface area contributed by atoms with Gasteiger partial charge in [-0.05, 0) is 30.0 Å². The van der Waals surface area contributed by atoms with E-state index in [2.05, 4.69) is 24.5 Å². The largest absolute Gasteiger partial charge is 0.494 e. The number of carbonyl (C=O) groups is 2. The van der Waals surface area contributed by atoms with Gasteiger partial charge in [-0.2, -0.15) is 0 Å². The maximum atomic E-state index is 11.6. The molecule has 1 aromatic carbocycles. The Morgan fingerprint density at radius 3 is 2.35 bits per heavy atom. The minimum absolute atomic E-state index is 0.315. The van der Waals surface area contributed by atoms with E-state index in [1.54, 1.807) is 0 Å². The predicted octanol–water partition coefficient (Wildman–Crippen LogP) is 3.55. The number of carbonyl (C=O) groups excluding carboxylic acids is 2. The highest BCUT2D eigenvalue weighted by atomic mass is 16.5. The van der Waals surface area contributed by atoms with Crippen LogP contribution in [0.25, 0.3) is 0 Å². The second-order valence-corrected chi connectivity index (χ2v) is 6.41. The number of rotatable bonds is 9. The summed E-state index contributed by atoms with van der Waals surface area (Å²) in [5, 5.41) is 4.80. The number of hydrogen-bond donors (Lipinski definition) is 2. The van der Waals surface area contributed by atoms with Crippen molar-refractivity contribution in [3.8, 4) is 5.75 Å². The summed E-state index contributed by atoms with van der Waals surface area (Å²) in [6.45, 7) is 5.22. The Hall–Kier alpha value is -2.04. The van der Waals surface area contributed by atoms with Crippen molar-refractivity contribution in [1.29, 1.82) is 0 Å². The summed E-state index contributed by atoms with van der Waals surface area (Å²) in [4.78, 5) is 22.7. The van der Waals surface area contributed by atoms with E-state index in [1.807, 2.05) is 24.3 Å². The number of benzene rings is 1. The molecule has 1 aliphatic heterocycles. The minimum Gasteiger partial charge on any atom is -0.494 e. The van der Waals surface area contributed by atoms with Crippen LogP contribution in [-0.4, -0.2) is 18.5 Å². The molecule has 126 valence electrons. The van der Waals surface area contributed by atoms with Crippen molar-refractivity contribution in [3.05, 3.63) is 29.8 Å². The molecular weight excluding hydrogens is 292 g/mol. The first-order chi connectivity index (χ1) is 11.1. The first-order valence-corrected chi connectivity index (χ1v) is 8.40. The van der Waals surface area contributed by atoms with Crippen LogP contribution in [0.4, 0.5) is 4.79 Å². The quantitative estimate of drug-likeness (QED) is 0.540. The molecule has 1 fully saturated rings. The van der Waals surface area contributed by atoms with E-state index in [0.29, 0.717) is 6.61 Å². The van der Waals surface area contributed by atoms with Gasteiger partial charge < -0.3 is 10.1 Å². The Balaban J connectivity index is 1.67. The molecule has 0 aromatic heterocycles. The molecule has 0 spiro atoms. The van der Waals surface area contributed by atoms with Gasteiger partial charge in [0.2, 0.25) is 0 Å². The van der Waals surface area contributed by atoms with E-state index >= 15 is 0 Å². The van der Waals surface area contributed by atoms with Crippen molar-refractivity contribution in [3.63, 3.8) is 0 Å². The average molecular weight is 318 g/mol. The highest BCUT2D eigenvalue weighted by Crippen LogP contribution is 2.20. The summed E-state index contributed by atoms with van der Waals surface area (Å²) in [6, 6.07) is 6.26. The van der Waals surface area contributed by atoms with Crippen LogP contribution < -0.4 is 15.4 Å². The summed E-state index contributed by atoms with van der Waals surface area (Å²) in [5.41, 5.74) is 0.759. The van der Waals surface area contributed by atoms with Crippen LogP contribution in [0.15, 0.2) is 24.3 Å². The van der Waals surface area contributed by atoms with Crippen molar-refractivity contribution < 1.29 is 14.3 Å². The topological polar surface area (TPSA) is 67.4 Å². The summed E-state index contributed by atoms with van der Waals surface area (Å²) >= 11 is 0. The Kier molecular flexibility index (Phi) is 6.44. The maximum Gasteiger partial charge on any atom is 0.322 e. The molecule has 1 unspecified atom stereocenters. The third kappa shape index (κ3) is 5.58. The van der Waals surface area contributed by atoms with Gasteiger partial charge in [0, 0.05) is 0 Å². The fraction of sp³-hybridized carbons (Fsp3) is 0.556. The molecule has 5 heteroatoms. The molecule has 1 aliphatic rings. The molecule has 2 rings (SSSR count). The normalized spacial score (nSPS) is 17.3. The first-order valence-electron chi connectivity index (χ1n) is 8.40. The van der Waals surface area contributed by atoms with Crippen LogP contribution >= 0.6 is 0 Å². The number of hydrogen-bond acceptors (Lipinski definition) is 3. The van der Waals surface area contributed by atoms with Crippen LogP contribution in [0.2, 0.25) is 0 Å². The van der Waals surface area contributed by atoms with Crippen molar-refractivity contribution in [1.82, 2.24) is 10.6 Å². The minimum atomic E-state index is -0.600. The SMILES string of the molecule is CC(C)CCCCCCOc1ccc(C2NC(=O)NC2=O)cc1. The van der Waals surface area contributed by atoms with E-state index < -0.39 is 12.1 Å². The monoisotopic (exact) mass is 318 g/mol. The van der Waals surface area contributed by atoms with Crippen molar-refractivity contribution in [2.75, 3.05) is 6.61 Å².